The first-order valence-electron chi connectivity index (χ1n) is 11.2. The van der Waals surface area contributed by atoms with Crippen molar-refractivity contribution < 1.29 is 23.7 Å². The van der Waals surface area contributed by atoms with Gasteiger partial charge in [0.25, 0.3) is 0 Å². The predicted octanol–water partition coefficient (Wildman–Crippen LogP) is 4.51. The van der Waals surface area contributed by atoms with Crippen LogP contribution in [0.4, 0.5) is 5.69 Å². The van der Waals surface area contributed by atoms with Crippen LogP contribution in [-0.2, 0) is 6.42 Å². The third-order valence-corrected chi connectivity index (χ3v) is 6.36. The number of nitrogens with zero attached hydrogens (tertiary/aromatic N) is 2. The molecule has 0 amide bonds. The second-order valence-electron chi connectivity index (χ2n) is 8.16. The number of rotatable bonds is 5. The number of nitriles is 1. The first kappa shape index (κ1) is 21.8. The fourth-order valence-corrected chi connectivity index (χ4v) is 4.78. The Labute approximate surface area is 199 Å². The molecular weight excluding hydrogens is 432 g/mol. The van der Waals surface area contributed by atoms with E-state index in [1.807, 2.05) is 36.4 Å². The van der Waals surface area contributed by atoms with Gasteiger partial charge in [-0.1, -0.05) is 0 Å². The molecule has 2 aliphatic rings. The van der Waals surface area contributed by atoms with E-state index in [1.54, 1.807) is 21.3 Å². The number of ether oxygens (including phenoxy) is 5. The summed E-state index contributed by atoms with van der Waals surface area (Å²) in [6, 6.07) is 17.9. The maximum Gasteiger partial charge on any atom is 0.203 e. The van der Waals surface area contributed by atoms with Crippen molar-refractivity contribution in [3.63, 3.8) is 0 Å². The molecule has 7 heteroatoms. The summed E-state index contributed by atoms with van der Waals surface area (Å²) in [5.74, 6) is 3.30. The van der Waals surface area contributed by atoms with Crippen LogP contribution < -0.4 is 28.6 Å². The van der Waals surface area contributed by atoms with Gasteiger partial charge in [-0.3, -0.25) is 0 Å². The van der Waals surface area contributed by atoms with Crippen molar-refractivity contribution in [1.82, 2.24) is 0 Å². The van der Waals surface area contributed by atoms with Gasteiger partial charge in [-0.2, -0.15) is 5.26 Å². The van der Waals surface area contributed by atoms with Gasteiger partial charge in [0.05, 0.1) is 39.0 Å². The van der Waals surface area contributed by atoms with E-state index in [1.165, 1.54) is 5.56 Å². The van der Waals surface area contributed by atoms with E-state index in [0.29, 0.717) is 36.0 Å². The van der Waals surface area contributed by atoms with Gasteiger partial charge in [0, 0.05) is 12.2 Å². The largest absolute Gasteiger partial charge is 0.493 e. The van der Waals surface area contributed by atoms with Gasteiger partial charge in [0.15, 0.2) is 23.0 Å². The summed E-state index contributed by atoms with van der Waals surface area (Å²) in [5, 5.41) is 9.25. The van der Waals surface area contributed by atoms with Gasteiger partial charge in [-0.05, 0) is 71.6 Å². The van der Waals surface area contributed by atoms with Crippen molar-refractivity contribution in [2.45, 2.75) is 12.5 Å². The maximum absolute atomic E-state index is 9.25. The molecule has 2 aliphatic heterocycles. The molecule has 2 heterocycles. The lowest BCUT2D eigenvalue weighted by atomic mass is 9.86. The molecule has 3 aromatic carbocycles. The van der Waals surface area contributed by atoms with Gasteiger partial charge >= 0.3 is 0 Å². The molecule has 0 spiro atoms. The Balaban J connectivity index is 1.70. The monoisotopic (exact) mass is 458 g/mol. The van der Waals surface area contributed by atoms with Crippen LogP contribution in [0.1, 0.15) is 28.3 Å². The lowest BCUT2D eigenvalue weighted by Gasteiger charge is -2.40. The molecular formula is C27H26N2O5. The van der Waals surface area contributed by atoms with Gasteiger partial charge in [0.2, 0.25) is 5.75 Å². The first-order valence-corrected chi connectivity index (χ1v) is 11.2. The number of anilines is 1. The van der Waals surface area contributed by atoms with E-state index in [-0.39, 0.29) is 6.04 Å². The summed E-state index contributed by atoms with van der Waals surface area (Å²) in [6.07, 6.45) is 0.854. The third-order valence-electron chi connectivity index (χ3n) is 6.36. The minimum Gasteiger partial charge on any atom is -0.493 e. The molecule has 1 atom stereocenters. The zero-order chi connectivity index (χ0) is 23.7. The van der Waals surface area contributed by atoms with E-state index in [4.69, 9.17) is 23.7 Å². The van der Waals surface area contributed by atoms with Crippen molar-refractivity contribution >= 4 is 5.69 Å². The summed E-state index contributed by atoms with van der Waals surface area (Å²) in [4.78, 5) is 2.33. The van der Waals surface area contributed by atoms with E-state index in [2.05, 4.69) is 23.1 Å². The third kappa shape index (κ3) is 3.71. The number of hydrogen-bond acceptors (Lipinski definition) is 7. The molecule has 0 aromatic heterocycles. The zero-order valence-electron chi connectivity index (χ0n) is 19.5. The lowest BCUT2D eigenvalue weighted by molar-refractivity contribution is 0.171. The van der Waals surface area contributed by atoms with Gasteiger partial charge in [0.1, 0.15) is 13.2 Å². The highest BCUT2D eigenvalue weighted by Crippen LogP contribution is 2.47. The van der Waals surface area contributed by atoms with Crippen molar-refractivity contribution in [3.8, 4) is 34.8 Å². The van der Waals surface area contributed by atoms with Crippen LogP contribution in [0.3, 0.4) is 0 Å². The van der Waals surface area contributed by atoms with E-state index in [0.717, 1.165) is 41.3 Å². The Hall–Kier alpha value is -4.05. The fraction of sp³-hybridized carbons (Fsp3) is 0.296. The topological polar surface area (TPSA) is 73.2 Å². The number of fused-ring (bicyclic) bond motifs is 2. The van der Waals surface area contributed by atoms with Crippen molar-refractivity contribution in [2.75, 3.05) is 46.0 Å². The van der Waals surface area contributed by atoms with E-state index >= 15 is 0 Å². The van der Waals surface area contributed by atoms with Crippen molar-refractivity contribution in [1.29, 1.82) is 5.26 Å². The minimum absolute atomic E-state index is 0.138. The molecule has 0 saturated carbocycles. The molecule has 5 rings (SSSR count). The van der Waals surface area contributed by atoms with Crippen molar-refractivity contribution in [2.24, 2.45) is 0 Å². The van der Waals surface area contributed by atoms with Crippen LogP contribution >= 0.6 is 0 Å². The second kappa shape index (κ2) is 9.06. The molecule has 7 nitrogen and oxygen atoms in total. The average Bonchev–Trinajstić information content (AvgIpc) is 2.90. The molecule has 1 unspecified atom stereocenters. The second-order valence-corrected chi connectivity index (χ2v) is 8.16. The molecule has 3 aromatic rings. The average molecular weight is 459 g/mol. The quantitative estimate of drug-likeness (QED) is 0.557. The fourth-order valence-electron chi connectivity index (χ4n) is 4.78. The molecule has 0 fully saturated rings. The molecule has 0 saturated heterocycles. The Kier molecular flexibility index (Phi) is 5.81. The SMILES string of the molecule is COc1cc(C2c3cc4c(cc3CCN2c2ccc(C#N)cc2)OCCO4)cc(OC)c1OC. The summed E-state index contributed by atoms with van der Waals surface area (Å²) < 4.78 is 28.6. The zero-order valence-corrected chi connectivity index (χ0v) is 19.5. The summed E-state index contributed by atoms with van der Waals surface area (Å²) >= 11 is 0. The molecule has 0 aliphatic carbocycles. The first-order chi connectivity index (χ1) is 16.7. The number of benzene rings is 3. The van der Waals surface area contributed by atoms with Crippen LogP contribution in [0, 0.1) is 11.3 Å². The van der Waals surface area contributed by atoms with Crippen LogP contribution in [0.5, 0.6) is 28.7 Å². The standard InChI is InChI=1S/C27H26N2O5/c1-30-24-13-19(14-25(31-2)27(24)32-3)26-21-15-23-22(33-10-11-34-23)12-18(21)8-9-29(26)20-6-4-17(16-28)5-7-20/h4-7,12-15,26H,8-11H2,1-3H3. The molecule has 0 N–H and O–H groups in total. The van der Waals surface area contributed by atoms with Crippen LogP contribution in [0.15, 0.2) is 48.5 Å². The van der Waals surface area contributed by atoms with Crippen LogP contribution in [0.2, 0.25) is 0 Å². The number of hydrogen-bond donors (Lipinski definition) is 0. The Morgan fingerprint density at radius 2 is 1.53 bits per heavy atom. The Bertz CT molecular complexity index is 1220. The van der Waals surface area contributed by atoms with E-state index < -0.39 is 0 Å². The summed E-state index contributed by atoms with van der Waals surface area (Å²) in [5.41, 5.74) is 5.00. The van der Waals surface area contributed by atoms with Crippen LogP contribution in [-0.4, -0.2) is 41.1 Å². The van der Waals surface area contributed by atoms with E-state index in [9.17, 15) is 5.26 Å². The van der Waals surface area contributed by atoms with Gasteiger partial charge < -0.3 is 28.6 Å². The smallest absolute Gasteiger partial charge is 0.203 e. The molecule has 0 radical (unpaired) electrons. The van der Waals surface area contributed by atoms with Gasteiger partial charge in [-0.15, -0.1) is 0 Å². The molecule has 174 valence electrons. The summed E-state index contributed by atoms with van der Waals surface area (Å²) in [6.45, 7) is 1.87. The minimum atomic E-state index is -0.138. The van der Waals surface area contributed by atoms with Crippen LogP contribution in [0.25, 0.3) is 0 Å². The van der Waals surface area contributed by atoms with Crippen molar-refractivity contribution in [3.05, 3.63) is 70.8 Å². The highest BCUT2D eigenvalue weighted by atomic mass is 16.6. The Morgan fingerprint density at radius 3 is 2.12 bits per heavy atom. The highest BCUT2D eigenvalue weighted by Gasteiger charge is 2.33. The Morgan fingerprint density at radius 1 is 0.882 bits per heavy atom. The predicted molar refractivity (Wildman–Crippen MR) is 128 cm³/mol. The number of methoxy groups -OCH3 is 3. The molecule has 0 bridgehead atoms. The highest BCUT2D eigenvalue weighted by molar-refractivity contribution is 5.63. The normalized spacial score (nSPS) is 16.3. The lowest BCUT2D eigenvalue weighted by Crippen LogP contribution is -2.36. The summed E-state index contributed by atoms with van der Waals surface area (Å²) in [7, 11) is 4.84. The maximum atomic E-state index is 9.25. The molecule has 34 heavy (non-hydrogen) atoms. The van der Waals surface area contributed by atoms with Gasteiger partial charge in [-0.25, -0.2) is 0 Å².